The first-order valence-corrected chi connectivity index (χ1v) is 3.56. The van der Waals surface area contributed by atoms with E-state index in [9.17, 15) is 0 Å². The van der Waals surface area contributed by atoms with Gasteiger partial charge in [-0.2, -0.15) is 0 Å². The Morgan fingerprint density at radius 2 is 1.75 bits per heavy atom. The predicted octanol–water partition coefficient (Wildman–Crippen LogP) is 2.18. The summed E-state index contributed by atoms with van der Waals surface area (Å²) in [5.41, 5.74) is 1.11. The van der Waals surface area contributed by atoms with Crippen LogP contribution in [0.15, 0.2) is 24.3 Å². The van der Waals surface area contributed by atoms with Gasteiger partial charge in [-0.25, -0.2) is 0 Å². The molecule has 12 heavy (non-hydrogen) atoms. The number of ether oxygens (including phenoxy) is 1. The molecule has 1 rings (SSSR count). The third-order valence-electron chi connectivity index (χ3n) is 1.57. The van der Waals surface area contributed by atoms with Crippen molar-refractivity contribution in [2.24, 2.45) is 0 Å². The van der Waals surface area contributed by atoms with Crippen LogP contribution in [0.4, 0.5) is 5.69 Å². The first kappa shape index (κ1) is 11.1. The van der Waals surface area contributed by atoms with Crippen molar-refractivity contribution in [1.29, 1.82) is 0 Å². The van der Waals surface area contributed by atoms with Crippen LogP contribution in [0.2, 0.25) is 0 Å². The summed E-state index contributed by atoms with van der Waals surface area (Å²) in [5.74, 6) is 0.914. The Bertz CT molecular complexity index is 238. The van der Waals surface area contributed by atoms with Gasteiger partial charge in [0.2, 0.25) is 0 Å². The summed E-state index contributed by atoms with van der Waals surface area (Å²) in [6, 6.07) is 7.94. The monoisotopic (exact) mass is 187 g/mol. The number of rotatable bonds is 2. The lowest BCUT2D eigenvalue weighted by Crippen LogP contribution is -2.09. The molecule has 1 aromatic carbocycles. The Labute approximate surface area is 79.6 Å². The maximum atomic E-state index is 5.16. The number of halogens is 1. The summed E-state index contributed by atoms with van der Waals surface area (Å²) >= 11 is 0. The molecule has 0 saturated carbocycles. The maximum absolute atomic E-state index is 5.16. The first-order chi connectivity index (χ1) is 5.25. The summed E-state index contributed by atoms with van der Waals surface area (Å²) in [6.07, 6.45) is 0. The van der Waals surface area contributed by atoms with Crippen LogP contribution in [0.3, 0.4) is 0 Å². The number of hydrogen-bond acceptors (Lipinski definition) is 2. The Kier molecular flexibility index (Phi) is 4.52. The fraction of sp³-hybridized carbons (Fsp3) is 0.333. The van der Waals surface area contributed by atoms with Crippen LogP contribution in [0, 0.1) is 0 Å². The van der Waals surface area contributed by atoms with Gasteiger partial charge < -0.3 is 9.64 Å². The number of anilines is 1. The molecule has 0 fully saturated rings. The highest BCUT2D eigenvalue weighted by Gasteiger charge is 2.00. The summed E-state index contributed by atoms with van der Waals surface area (Å²) in [4.78, 5) is 2.03. The smallest absolute Gasteiger partial charge is 0.142 e. The lowest BCUT2D eigenvalue weighted by atomic mass is 10.3. The molecule has 1 aromatic rings. The average molecular weight is 188 g/mol. The van der Waals surface area contributed by atoms with Gasteiger partial charge in [0, 0.05) is 14.1 Å². The van der Waals surface area contributed by atoms with Crippen LogP contribution < -0.4 is 9.64 Å². The molecule has 0 radical (unpaired) electrons. The minimum absolute atomic E-state index is 0. The van der Waals surface area contributed by atoms with E-state index in [4.69, 9.17) is 4.74 Å². The highest BCUT2D eigenvalue weighted by atomic mass is 35.5. The second-order valence-electron chi connectivity index (χ2n) is 2.57. The lowest BCUT2D eigenvalue weighted by Gasteiger charge is -2.15. The van der Waals surface area contributed by atoms with Crippen molar-refractivity contribution in [3.8, 4) is 5.75 Å². The van der Waals surface area contributed by atoms with Gasteiger partial charge in [0.05, 0.1) is 12.8 Å². The molecule has 0 aromatic heterocycles. The third-order valence-corrected chi connectivity index (χ3v) is 1.57. The van der Waals surface area contributed by atoms with Crippen molar-refractivity contribution in [3.05, 3.63) is 24.3 Å². The Balaban J connectivity index is 0.00000121. The minimum atomic E-state index is 0. The Hall–Kier alpha value is -0.890. The van der Waals surface area contributed by atoms with Crippen LogP contribution in [-0.4, -0.2) is 21.2 Å². The maximum Gasteiger partial charge on any atom is 0.142 e. The Morgan fingerprint density at radius 1 is 1.17 bits per heavy atom. The molecule has 2 nitrogen and oxygen atoms in total. The van der Waals surface area contributed by atoms with E-state index in [2.05, 4.69) is 0 Å². The van der Waals surface area contributed by atoms with Crippen LogP contribution in [0.25, 0.3) is 0 Å². The molecule has 0 unspecified atom stereocenters. The second kappa shape index (κ2) is 4.88. The molecule has 3 heteroatoms. The summed E-state index contributed by atoms with van der Waals surface area (Å²) in [7, 11) is 5.68. The molecule has 0 aliphatic carbocycles. The van der Waals surface area contributed by atoms with Crippen LogP contribution in [0.5, 0.6) is 5.75 Å². The van der Waals surface area contributed by atoms with Crippen molar-refractivity contribution in [1.82, 2.24) is 0 Å². The van der Waals surface area contributed by atoms with E-state index < -0.39 is 0 Å². The molecule has 0 saturated heterocycles. The number of nitrogens with zero attached hydrogens (tertiary/aromatic N) is 1. The highest BCUT2D eigenvalue weighted by Crippen LogP contribution is 2.24. The van der Waals surface area contributed by atoms with Crippen LogP contribution in [-0.2, 0) is 0 Å². The molecule has 0 atom stereocenters. The molecule has 68 valence electrons. The molecule has 0 heterocycles. The van der Waals surface area contributed by atoms with Gasteiger partial charge in [0.1, 0.15) is 5.75 Å². The van der Waals surface area contributed by atoms with Gasteiger partial charge in [0.15, 0.2) is 0 Å². The van der Waals surface area contributed by atoms with Crippen LogP contribution in [0.1, 0.15) is 0 Å². The van der Waals surface area contributed by atoms with E-state index in [-0.39, 0.29) is 12.4 Å². The topological polar surface area (TPSA) is 12.5 Å². The number of para-hydroxylation sites is 2. The van der Waals surface area contributed by atoms with Gasteiger partial charge in [-0.05, 0) is 12.1 Å². The van der Waals surface area contributed by atoms with E-state index in [1.807, 2.05) is 43.3 Å². The molecule has 0 N–H and O–H groups in total. The van der Waals surface area contributed by atoms with Gasteiger partial charge in [-0.3, -0.25) is 0 Å². The largest absolute Gasteiger partial charge is 0.495 e. The molecule has 0 bridgehead atoms. The van der Waals surface area contributed by atoms with E-state index in [0.29, 0.717) is 0 Å². The van der Waals surface area contributed by atoms with Crippen molar-refractivity contribution in [2.75, 3.05) is 26.1 Å². The summed E-state index contributed by atoms with van der Waals surface area (Å²) in [6.45, 7) is 0. The standard InChI is InChI=1S/C9H13NO.ClH/c1-10(2)8-6-4-5-7-9(8)11-3;/h4-7H,1-3H3;1H. The normalized spacial score (nSPS) is 8.58. The Morgan fingerprint density at radius 3 is 2.17 bits per heavy atom. The average Bonchev–Trinajstić information content (AvgIpc) is 2.04. The minimum Gasteiger partial charge on any atom is -0.495 e. The number of benzene rings is 1. The van der Waals surface area contributed by atoms with Crippen molar-refractivity contribution < 1.29 is 4.74 Å². The first-order valence-electron chi connectivity index (χ1n) is 3.56. The van der Waals surface area contributed by atoms with E-state index in [1.165, 1.54) is 0 Å². The SMILES string of the molecule is COc1ccccc1N(C)C.Cl. The summed E-state index contributed by atoms with van der Waals surface area (Å²) in [5, 5.41) is 0. The third kappa shape index (κ3) is 2.31. The van der Waals surface area contributed by atoms with E-state index in [0.717, 1.165) is 11.4 Å². The molecule has 0 aliphatic heterocycles. The number of hydrogen-bond donors (Lipinski definition) is 0. The molecule has 0 aliphatic rings. The lowest BCUT2D eigenvalue weighted by molar-refractivity contribution is 0.415. The van der Waals surface area contributed by atoms with Crippen LogP contribution >= 0.6 is 12.4 Å². The van der Waals surface area contributed by atoms with E-state index in [1.54, 1.807) is 7.11 Å². The molecular weight excluding hydrogens is 174 g/mol. The summed E-state index contributed by atoms with van der Waals surface area (Å²) < 4.78 is 5.16. The predicted molar refractivity (Wildman–Crippen MR) is 54.6 cm³/mol. The number of methoxy groups -OCH3 is 1. The van der Waals surface area contributed by atoms with Crippen molar-refractivity contribution in [2.45, 2.75) is 0 Å². The highest BCUT2D eigenvalue weighted by molar-refractivity contribution is 5.85. The fourth-order valence-electron chi connectivity index (χ4n) is 0.999. The van der Waals surface area contributed by atoms with Gasteiger partial charge in [-0.15, -0.1) is 12.4 Å². The zero-order chi connectivity index (χ0) is 8.27. The van der Waals surface area contributed by atoms with Gasteiger partial charge in [-0.1, -0.05) is 12.1 Å². The van der Waals surface area contributed by atoms with Crippen molar-refractivity contribution in [3.63, 3.8) is 0 Å². The second-order valence-corrected chi connectivity index (χ2v) is 2.57. The molecule has 0 amide bonds. The zero-order valence-corrected chi connectivity index (χ0v) is 8.39. The zero-order valence-electron chi connectivity index (χ0n) is 7.57. The molecule has 0 spiro atoms. The molecular formula is C9H14ClNO. The quantitative estimate of drug-likeness (QED) is 0.704. The van der Waals surface area contributed by atoms with E-state index >= 15 is 0 Å². The van der Waals surface area contributed by atoms with Gasteiger partial charge >= 0.3 is 0 Å². The van der Waals surface area contributed by atoms with Gasteiger partial charge in [0.25, 0.3) is 0 Å². The van der Waals surface area contributed by atoms with Crippen molar-refractivity contribution >= 4 is 18.1 Å². The fourth-order valence-corrected chi connectivity index (χ4v) is 0.999.